The minimum atomic E-state index is -0.0171. The molecule has 1 aliphatic rings. The first-order valence-corrected chi connectivity index (χ1v) is 5.42. The highest BCUT2D eigenvalue weighted by Crippen LogP contribution is 2.33. The maximum absolute atomic E-state index is 11.9. The van der Waals surface area contributed by atoms with Crippen LogP contribution in [0.2, 0.25) is 0 Å². The molecule has 0 unspecified atom stereocenters. The molecule has 0 saturated carbocycles. The summed E-state index contributed by atoms with van der Waals surface area (Å²) in [6, 6.07) is 5.42. The Hall–Kier alpha value is -1.91. The van der Waals surface area contributed by atoms with Crippen molar-refractivity contribution in [2.45, 2.75) is 0 Å². The third-order valence-corrected chi connectivity index (χ3v) is 2.89. The highest BCUT2D eigenvalue weighted by Gasteiger charge is 2.28. The Morgan fingerprint density at radius 3 is 2.47 bits per heavy atom. The van der Waals surface area contributed by atoms with Crippen LogP contribution in [-0.2, 0) is 0 Å². The first kappa shape index (κ1) is 11.6. The smallest absolute Gasteiger partial charge is 0.324 e. The summed E-state index contributed by atoms with van der Waals surface area (Å²) in [5.74, 6) is 1.39. The number of rotatable bonds is 3. The van der Waals surface area contributed by atoms with Gasteiger partial charge in [-0.3, -0.25) is 4.90 Å². The average molecular weight is 236 g/mol. The number of hydrogen-bond donors (Lipinski definition) is 0. The number of nitrogens with zero attached hydrogens (tertiary/aromatic N) is 2. The third kappa shape index (κ3) is 2.00. The van der Waals surface area contributed by atoms with Gasteiger partial charge in [0.25, 0.3) is 0 Å². The Kier molecular flexibility index (Phi) is 3.08. The van der Waals surface area contributed by atoms with E-state index >= 15 is 0 Å². The highest BCUT2D eigenvalue weighted by molar-refractivity contribution is 5.95. The monoisotopic (exact) mass is 236 g/mol. The summed E-state index contributed by atoms with van der Waals surface area (Å²) in [7, 11) is 4.98. The number of urea groups is 1. The van der Waals surface area contributed by atoms with Crippen molar-refractivity contribution in [3.05, 3.63) is 18.2 Å². The summed E-state index contributed by atoms with van der Waals surface area (Å²) in [5, 5.41) is 0. The Morgan fingerprint density at radius 2 is 1.94 bits per heavy atom. The van der Waals surface area contributed by atoms with Crippen LogP contribution in [0.15, 0.2) is 18.2 Å². The van der Waals surface area contributed by atoms with E-state index in [0.29, 0.717) is 18.0 Å². The Bertz CT molecular complexity index is 434. The molecule has 0 spiro atoms. The van der Waals surface area contributed by atoms with Crippen LogP contribution in [-0.4, -0.2) is 45.3 Å². The van der Waals surface area contributed by atoms with Crippen LogP contribution >= 0.6 is 0 Å². The zero-order chi connectivity index (χ0) is 12.4. The van der Waals surface area contributed by atoms with Crippen molar-refractivity contribution in [3.63, 3.8) is 0 Å². The van der Waals surface area contributed by atoms with Gasteiger partial charge in [0.2, 0.25) is 0 Å². The molecule has 1 aromatic carbocycles. The van der Waals surface area contributed by atoms with Gasteiger partial charge in [0.05, 0.1) is 19.9 Å². The molecule has 0 N–H and O–H groups in total. The fourth-order valence-corrected chi connectivity index (χ4v) is 1.88. The van der Waals surface area contributed by atoms with Crippen molar-refractivity contribution in [1.29, 1.82) is 0 Å². The second-order valence-electron chi connectivity index (χ2n) is 3.89. The molecule has 1 heterocycles. The van der Waals surface area contributed by atoms with E-state index < -0.39 is 0 Å². The van der Waals surface area contributed by atoms with Crippen LogP contribution in [0.5, 0.6) is 11.5 Å². The lowest BCUT2D eigenvalue weighted by Crippen LogP contribution is -2.29. The number of ether oxygens (including phenoxy) is 2. The fraction of sp³-hybridized carbons (Fsp3) is 0.417. The number of anilines is 1. The number of carbonyl (C=O) groups excluding carboxylic acids is 1. The van der Waals surface area contributed by atoms with Crippen LogP contribution in [0.25, 0.3) is 0 Å². The summed E-state index contributed by atoms with van der Waals surface area (Å²) in [6.07, 6.45) is 0. The second-order valence-corrected chi connectivity index (χ2v) is 3.89. The predicted octanol–water partition coefficient (Wildman–Crippen LogP) is 1.58. The summed E-state index contributed by atoms with van der Waals surface area (Å²) in [4.78, 5) is 15.3. The van der Waals surface area contributed by atoms with Crippen LogP contribution in [0.1, 0.15) is 0 Å². The van der Waals surface area contributed by atoms with E-state index in [-0.39, 0.29) is 6.03 Å². The SMILES string of the molecule is COc1ccc(OC)c(N2CCN(C)C2=O)c1. The Morgan fingerprint density at radius 1 is 1.18 bits per heavy atom. The molecule has 1 aliphatic heterocycles. The van der Waals surface area contributed by atoms with E-state index in [0.717, 1.165) is 12.2 Å². The van der Waals surface area contributed by atoms with Gasteiger partial charge in [-0.15, -0.1) is 0 Å². The molecule has 2 rings (SSSR count). The topological polar surface area (TPSA) is 42.0 Å². The molecular formula is C12H16N2O3. The van der Waals surface area contributed by atoms with Gasteiger partial charge in [0.15, 0.2) is 0 Å². The van der Waals surface area contributed by atoms with Gasteiger partial charge in [-0.2, -0.15) is 0 Å². The summed E-state index contributed by atoms with van der Waals surface area (Å²) < 4.78 is 10.4. The molecular weight excluding hydrogens is 220 g/mol. The lowest BCUT2D eigenvalue weighted by molar-refractivity contribution is 0.229. The van der Waals surface area contributed by atoms with Gasteiger partial charge in [-0.1, -0.05) is 0 Å². The summed E-state index contributed by atoms with van der Waals surface area (Å²) in [5.41, 5.74) is 0.751. The van der Waals surface area contributed by atoms with E-state index in [1.807, 2.05) is 12.1 Å². The van der Waals surface area contributed by atoms with Crippen LogP contribution in [0, 0.1) is 0 Å². The molecule has 17 heavy (non-hydrogen) atoms. The Labute approximate surface area is 101 Å². The number of methoxy groups -OCH3 is 2. The molecule has 0 radical (unpaired) electrons. The number of carbonyl (C=O) groups is 1. The van der Waals surface area contributed by atoms with Gasteiger partial charge in [0.1, 0.15) is 11.5 Å². The van der Waals surface area contributed by atoms with Gasteiger partial charge >= 0.3 is 6.03 Å². The maximum atomic E-state index is 11.9. The minimum Gasteiger partial charge on any atom is -0.497 e. The van der Waals surface area contributed by atoms with Crippen molar-refractivity contribution in [3.8, 4) is 11.5 Å². The molecule has 2 amide bonds. The molecule has 5 nitrogen and oxygen atoms in total. The number of amides is 2. The van der Waals surface area contributed by atoms with Crippen molar-refractivity contribution >= 4 is 11.7 Å². The first-order valence-electron chi connectivity index (χ1n) is 5.42. The number of likely N-dealkylation sites (N-methyl/N-ethyl adjacent to an activating group) is 1. The predicted molar refractivity (Wildman–Crippen MR) is 64.9 cm³/mol. The maximum Gasteiger partial charge on any atom is 0.324 e. The van der Waals surface area contributed by atoms with E-state index in [4.69, 9.17) is 9.47 Å². The van der Waals surface area contributed by atoms with Crippen LogP contribution < -0.4 is 14.4 Å². The van der Waals surface area contributed by atoms with Crippen molar-refractivity contribution in [1.82, 2.24) is 4.90 Å². The number of benzene rings is 1. The van der Waals surface area contributed by atoms with Crippen molar-refractivity contribution < 1.29 is 14.3 Å². The van der Waals surface area contributed by atoms with Gasteiger partial charge < -0.3 is 14.4 Å². The largest absolute Gasteiger partial charge is 0.497 e. The fourth-order valence-electron chi connectivity index (χ4n) is 1.88. The quantitative estimate of drug-likeness (QED) is 0.800. The molecule has 92 valence electrons. The van der Waals surface area contributed by atoms with Crippen LogP contribution in [0.4, 0.5) is 10.5 Å². The van der Waals surface area contributed by atoms with Crippen LogP contribution in [0.3, 0.4) is 0 Å². The van der Waals surface area contributed by atoms with E-state index in [1.165, 1.54) is 0 Å². The highest BCUT2D eigenvalue weighted by atomic mass is 16.5. The Balaban J connectivity index is 2.39. The third-order valence-electron chi connectivity index (χ3n) is 2.89. The van der Waals surface area contributed by atoms with Gasteiger partial charge in [-0.05, 0) is 12.1 Å². The molecule has 5 heteroatoms. The number of hydrogen-bond acceptors (Lipinski definition) is 3. The standard InChI is InChI=1S/C12H16N2O3/c1-13-6-7-14(12(13)15)10-8-9(16-2)4-5-11(10)17-3/h4-5,8H,6-7H2,1-3H3. The molecule has 0 bridgehead atoms. The zero-order valence-corrected chi connectivity index (χ0v) is 10.3. The normalized spacial score (nSPS) is 15.4. The minimum absolute atomic E-state index is 0.0171. The lowest BCUT2D eigenvalue weighted by Gasteiger charge is -2.19. The van der Waals surface area contributed by atoms with Crippen molar-refractivity contribution in [2.75, 3.05) is 39.3 Å². The first-order chi connectivity index (χ1) is 8.17. The molecule has 0 aromatic heterocycles. The molecule has 1 saturated heterocycles. The average Bonchev–Trinajstić information content (AvgIpc) is 2.69. The van der Waals surface area contributed by atoms with E-state index in [9.17, 15) is 4.79 Å². The van der Waals surface area contributed by atoms with E-state index in [1.54, 1.807) is 37.1 Å². The summed E-state index contributed by atoms with van der Waals surface area (Å²) in [6.45, 7) is 1.39. The second kappa shape index (κ2) is 4.53. The molecule has 0 aliphatic carbocycles. The van der Waals surface area contributed by atoms with Gasteiger partial charge in [0, 0.05) is 26.2 Å². The molecule has 1 aromatic rings. The van der Waals surface area contributed by atoms with E-state index in [2.05, 4.69) is 0 Å². The lowest BCUT2D eigenvalue weighted by atomic mass is 10.2. The van der Waals surface area contributed by atoms with Crippen molar-refractivity contribution in [2.24, 2.45) is 0 Å². The zero-order valence-electron chi connectivity index (χ0n) is 10.3. The summed E-state index contributed by atoms with van der Waals surface area (Å²) >= 11 is 0. The molecule has 1 fully saturated rings. The molecule has 0 atom stereocenters. The van der Waals surface area contributed by atoms with Gasteiger partial charge in [-0.25, -0.2) is 4.79 Å².